The molecular formula is C9H13N3O. The summed E-state index contributed by atoms with van der Waals surface area (Å²) in [6.07, 6.45) is 4.25. The Morgan fingerprint density at radius 1 is 1.38 bits per heavy atom. The predicted octanol–water partition coefficient (Wildman–Crippen LogP) is 1.18. The van der Waals surface area contributed by atoms with Crippen molar-refractivity contribution in [1.29, 1.82) is 0 Å². The van der Waals surface area contributed by atoms with Crippen LogP contribution in [-0.2, 0) is 4.79 Å². The maximum atomic E-state index is 11.5. The zero-order valence-electron chi connectivity index (χ0n) is 7.52. The lowest BCUT2D eigenvalue weighted by Crippen LogP contribution is -2.50. The Balaban J connectivity index is 1.93. The van der Waals surface area contributed by atoms with Crippen molar-refractivity contribution in [3.63, 3.8) is 0 Å². The molecule has 13 heavy (non-hydrogen) atoms. The molecule has 1 saturated carbocycles. The van der Waals surface area contributed by atoms with E-state index in [2.05, 4.69) is 10.3 Å². The fourth-order valence-corrected chi connectivity index (χ4v) is 2.84. The fraction of sp³-hybridized carbons (Fsp3) is 0.889. The average Bonchev–Trinajstić information content (AvgIpc) is 2.57. The van der Waals surface area contributed by atoms with E-state index in [1.165, 1.54) is 12.8 Å². The van der Waals surface area contributed by atoms with Crippen LogP contribution in [0.5, 0.6) is 0 Å². The molecule has 1 aliphatic carbocycles. The van der Waals surface area contributed by atoms with E-state index in [0.717, 1.165) is 19.4 Å². The Kier molecular flexibility index (Phi) is 1.45. The van der Waals surface area contributed by atoms with Crippen molar-refractivity contribution in [3.05, 3.63) is 0 Å². The van der Waals surface area contributed by atoms with E-state index in [1.54, 1.807) is 0 Å². The highest BCUT2D eigenvalue weighted by molar-refractivity contribution is 5.86. The van der Waals surface area contributed by atoms with Crippen LogP contribution in [0.1, 0.15) is 25.7 Å². The Bertz CT molecular complexity index is 276. The minimum Gasteiger partial charge on any atom is -0.297 e. The van der Waals surface area contributed by atoms with Crippen molar-refractivity contribution in [2.45, 2.75) is 37.8 Å². The third kappa shape index (κ3) is 0.943. The Morgan fingerprint density at radius 3 is 3.23 bits per heavy atom. The van der Waals surface area contributed by atoms with Gasteiger partial charge in [-0.05, 0) is 25.2 Å². The number of ketones is 1. The lowest BCUT2D eigenvalue weighted by atomic mass is 9.76. The summed E-state index contributed by atoms with van der Waals surface area (Å²) in [5.41, 5.74) is 0. The van der Waals surface area contributed by atoms with Gasteiger partial charge >= 0.3 is 0 Å². The van der Waals surface area contributed by atoms with Gasteiger partial charge in [0, 0.05) is 13.0 Å². The maximum absolute atomic E-state index is 11.5. The average molecular weight is 179 g/mol. The van der Waals surface area contributed by atoms with Gasteiger partial charge in [0.1, 0.15) is 0 Å². The standard InChI is InChI=1S/C9H13N3O/c13-7-4-3-6-2-1-5-12-9(6)8(7)10-11-12/h6,8-9H,1-5H2. The fourth-order valence-electron chi connectivity index (χ4n) is 2.84. The summed E-state index contributed by atoms with van der Waals surface area (Å²) in [5.74, 6) is 0.973. The second-order valence-corrected chi connectivity index (χ2v) is 4.21. The van der Waals surface area contributed by atoms with E-state index < -0.39 is 0 Å². The molecular weight excluding hydrogens is 166 g/mol. The minimum absolute atomic E-state index is 0.112. The third-order valence-electron chi connectivity index (χ3n) is 3.50. The SMILES string of the molecule is O=C1CCC2CCCN3N=NC1C23. The van der Waals surface area contributed by atoms with Crippen molar-refractivity contribution in [2.75, 3.05) is 6.54 Å². The molecule has 0 bridgehead atoms. The van der Waals surface area contributed by atoms with E-state index >= 15 is 0 Å². The molecule has 0 aromatic carbocycles. The number of hydrogen-bond donors (Lipinski definition) is 0. The van der Waals surface area contributed by atoms with Crippen LogP contribution in [0.25, 0.3) is 0 Å². The van der Waals surface area contributed by atoms with Gasteiger partial charge in [-0.3, -0.25) is 9.80 Å². The first-order chi connectivity index (χ1) is 6.36. The number of hydrogen-bond acceptors (Lipinski definition) is 4. The number of carbonyl (C=O) groups is 1. The summed E-state index contributed by atoms with van der Waals surface area (Å²) < 4.78 is 0. The summed E-state index contributed by atoms with van der Waals surface area (Å²) >= 11 is 0. The van der Waals surface area contributed by atoms with Crippen LogP contribution >= 0.6 is 0 Å². The monoisotopic (exact) mass is 179 g/mol. The first-order valence-electron chi connectivity index (χ1n) is 5.06. The minimum atomic E-state index is -0.112. The molecule has 0 aromatic heterocycles. The van der Waals surface area contributed by atoms with E-state index in [0.29, 0.717) is 17.7 Å². The molecule has 1 saturated heterocycles. The van der Waals surface area contributed by atoms with Crippen LogP contribution in [-0.4, -0.2) is 29.4 Å². The van der Waals surface area contributed by atoms with Crippen LogP contribution in [0.2, 0.25) is 0 Å². The van der Waals surface area contributed by atoms with Crippen molar-refractivity contribution in [2.24, 2.45) is 16.3 Å². The largest absolute Gasteiger partial charge is 0.297 e. The lowest BCUT2D eigenvalue weighted by Gasteiger charge is -2.39. The summed E-state index contributed by atoms with van der Waals surface area (Å²) in [7, 11) is 0. The highest BCUT2D eigenvalue weighted by Gasteiger charge is 2.47. The summed E-state index contributed by atoms with van der Waals surface area (Å²) in [6, 6.07) is 0.217. The molecule has 2 fully saturated rings. The molecule has 0 radical (unpaired) electrons. The Morgan fingerprint density at radius 2 is 2.31 bits per heavy atom. The second kappa shape index (κ2) is 2.53. The number of rotatable bonds is 0. The number of carbonyl (C=O) groups excluding carboxylic acids is 1. The second-order valence-electron chi connectivity index (χ2n) is 4.21. The first kappa shape index (κ1) is 7.47. The molecule has 0 spiro atoms. The van der Waals surface area contributed by atoms with Crippen LogP contribution in [0, 0.1) is 5.92 Å². The van der Waals surface area contributed by atoms with Crippen LogP contribution in [0.3, 0.4) is 0 Å². The van der Waals surface area contributed by atoms with Crippen LogP contribution < -0.4 is 0 Å². The highest BCUT2D eigenvalue weighted by atomic mass is 16.1. The van der Waals surface area contributed by atoms with Gasteiger partial charge < -0.3 is 0 Å². The molecule has 70 valence electrons. The van der Waals surface area contributed by atoms with Crippen LogP contribution in [0.4, 0.5) is 0 Å². The molecule has 0 amide bonds. The molecule has 2 aliphatic heterocycles. The Labute approximate surface area is 77.0 Å². The molecule has 3 aliphatic rings. The van der Waals surface area contributed by atoms with E-state index in [1.807, 2.05) is 5.01 Å². The van der Waals surface area contributed by atoms with E-state index in [-0.39, 0.29) is 6.04 Å². The number of nitrogens with zero attached hydrogens (tertiary/aromatic N) is 3. The highest BCUT2D eigenvalue weighted by Crippen LogP contribution is 2.38. The normalized spacial score (nSPS) is 42.3. The molecule has 0 aromatic rings. The number of piperidine rings is 1. The van der Waals surface area contributed by atoms with E-state index in [4.69, 9.17) is 0 Å². The predicted molar refractivity (Wildman–Crippen MR) is 46.1 cm³/mol. The smallest absolute Gasteiger partial charge is 0.161 e. The summed E-state index contributed by atoms with van der Waals surface area (Å²) in [4.78, 5) is 11.5. The molecule has 3 unspecified atom stereocenters. The van der Waals surface area contributed by atoms with Gasteiger partial charge in [-0.2, -0.15) is 5.11 Å². The van der Waals surface area contributed by atoms with Gasteiger partial charge in [-0.25, -0.2) is 0 Å². The van der Waals surface area contributed by atoms with Crippen molar-refractivity contribution in [1.82, 2.24) is 5.01 Å². The molecule has 0 N–H and O–H groups in total. The van der Waals surface area contributed by atoms with Gasteiger partial charge in [0.15, 0.2) is 11.8 Å². The number of Topliss-reactive ketones (excluding diaryl/α,β-unsaturated/α-hetero) is 1. The molecule has 4 heteroatoms. The van der Waals surface area contributed by atoms with E-state index in [9.17, 15) is 4.79 Å². The molecule has 3 rings (SSSR count). The maximum Gasteiger partial charge on any atom is 0.161 e. The third-order valence-corrected chi connectivity index (χ3v) is 3.50. The van der Waals surface area contributed by atoms with Crippen molar-refractivity contribution < 1.29 is 4.79 Å². The van der Waals surface area contributed by atoms with Crippen LogP contribution in [0.15, 0.2) is 10.3 Å². The zero-order chi connectivity index (χ0) is 8.84. The van der Waals surface area contributed by atoms with Gasteiger partial charge in [0.05, 0.1) is 6.04 Å². The van der Waals surface area contributed by atoms with Gasteiger partial charge in [0.2, 0.25) is 0 Å². The Hall–Kier alpha value is -0.930. The topological polar surface area (TPSA) is 45.0 Å². The molecule has 2 heterocycles. The quantitative estimate of drug-likeness (QED) is 0.560. The van der Waals surface area contributed by atoms with Gasteiger partial charge in [-0.1, -0.05) is 5.22 Å². The van der Waals surface area contributed by atoms with Crippen molar-refractivity contribution in [3.8, 4) is 0 Å². The van der Waals surface area contributed by atoms with Crippen molar-refractivity contribution >= 4 is 5.78 Å². The van der Waals surface area contributed by atoms with Gasteiger partial charge in [-0.15, -0.1) is 0 Å². The molecule has 4 nitrogen and oxygen atoms in total. The summed E-state index contributed by atoms with van der Waals surface area (Å²) in [5, 5.41) is 10.2. The lowest BCUT2D eigenvalue weighted by molar-refractivity contribution is -0.124. The van der Waals surface area contributed by atoms with Gasteiger partial charge in [0.25, 0.3) is 0 Å². The summed E-state index contributed by atoms with van der Waals surface area (Å²) in [6.45, 7) is 0.994. The molecule has 3 atom stereocenters. The zero-order valence-corrected chi connectivity index (χ0v) is 7.52. The first-order valence-corrected chi connectivity index (χ1v) is 5.06.